The molecule has 34 heavy (non-hydrogen) atoms. The van der Waals surface area contributed by atoms with Gasteiger partial charge in [0, 0.05) is 42.5 Å². The zero-order valence-corrected chi connectivity index (χ0v) is 20.3. The van der Waals surface area contributed by atoms with Crippen molar-refractivity contribution in [1.82, 2.24) is 35.0 Å². The van der Waals surface area contributed by atoms with Gasteiger partial charge in [-0.1, -0.05) is 6.07 Å². The molecule has 0 radical (unpaired) electrons. The summed E-state index contributed by atoms with van der Waals surface area (Å²) < 4.78 is 1.54. The van der Waals surface area contributed by atoms with E-state index in [1.54, 1.807) is 4.68 Å². The third-order valence-electron chi connectivity index (χ3n) is 8.44. The first-order valence-electron chi connectivity index (χ1n) is 12.4. The molecule has 1 atom stereocenters. The van der Waals surface area contributed by atoms with Gasteiger partial charge in [-0.05, 0) is 87.9 Å². The third-order valence-corrected chi connectivity index (χ3v) is 8.44. The van der Waals surface area contributed by atoms with Gasteiger partial charge in [0.05, 0.1) is 5.41 Å². The van der Waals surface area contributed by atoms with Gasteiger partial charge in [-0.2, -0.15) is 4.68 Å². The van der Waals surface area contributed by atoms with Crippen molar-refractivity contribution in [2.45, 2.75) is 77.3 Å². The predicted octanol–water partition coefficient (Wildman–Crippen LogP) is 3.24. The summed E-state index contributed by atoms with van der Waals surface area (Å²) in [6, 6.07) is 4.66. The molecule has 3 aliphatic rings. The molecule has 2 aliphatic carbocycles. The Balaban J connectivity index is 1.22. The maximum absolute atomic E-state index is 13.5. The lowest BCUT2D eigenvalue weighted by Gasteiger charge is -2.41. The molecule has 1 saturated carbocycles. The van der Waals surface area contributed by atoms with Crippen LogP contribution in [-0.4, -0.2) is 66.3 Å². The van der Waals surface area contributed by atoms with E-state index >= 15 is 0 Å². The maximum Gasteiger partial charge on any atom is 0.233 e. The van der Waals surface area contributed by atoms with Crippen LogP contribution in [0.1, 0.15) is 76.8 Å². The molecule has 1 saturated heterocycles. The molecule has 9 heteroatoms. The third kappa shape index (κ3) is 3.96. The lowest BCUT2D eigenvalue weighted by molar-refractivity contribution is -0.136. The van der Waals surface area contributed by atoms with Gasteiger partial charge >= 0.3 is 0 Å². The molecule has 0 bridgehead atoms. The van der Waals surface area contributed by atoms with E-state index in [1.807, 2.05) is 24.1 Å². The minimum Gasteiger partial charge on any atom is -0.315 e. The number of pyridine rings is 1. The summed E-state index contributed by atoms with van der Waals surface area (Å²) in [6.07, 6.45) is 10.5. The van der Waals surface area contributed by atoms with Crippen molar-refractivity contribution in [1.29, 1.82) is 0 Å². The number of hydrogen-bond donors (Lipinski definition) is 0. The van der Waals surface area contributed by atoms with Crippen LogP contribution >= 0.6 is 0 Å². The largest absolute Gasteiger partial charge is 0.315 e. The first-order chi connectivity index (χ1) is 16.4. The highest BCUT2D eigenvalue weighted by Gasteiger charge is 2.50. The fraction of sp³-hybridized carbons (Fsp3) is 0.600. The molecule has 2 aromatic rings. The number of carbonyl (C=O) groups is 2. The monoisotopic (exact) mass is 463 g/mol. The molecule has 3 heterocycles. The van der Waals surface area contributed by atoms with Crippen LogP contribution in [0, 0.1) is 5.41 Å². The van der Waals surface area contributed by atoms with Crippen LogP contribution in [0.3, 0.4) is 0 Å². The average molecular weight is 464 g/mol. The summed E-state index contributed by atoms with van der Waals surface area (Å²) in [4.78, 5) is 34.6. The lowest BCUT2D eigenvalue weighted by atomic mass is 9.71. The van der Waals surface area contributed by atoms with Crippen molar-refractivity contribution >= 4 is 11.7 Å². The second-order valence-corrected chi connectivity index (χ2v) is 10.1. The topological polar surface area (TPSA) is 97.1 Å². The van der Waals surface area contributed by atoms with E-state index < -0.39 is 0 Å². The highest BCUT2D eigenvalue weighted by atomic mass is 16.2. The Morgan fingerprint density at radius 2 is 1.94 bits per heavy atom. The van der Waals surface area contributed by atoms with Gasteiger partial charge in [0.2, 0.25) is 5.91 Å². The molecule has 2 fully saturated rings. The highest BCUT2D eigenvalue weighted by molar-refractivity contribution is 5.97. The number of tetrazole rings is 1. The smallest absolute Gasteiger partial charge is 0.233 e. The van der Waals surface area contributed by atoms with Crippen molar-refractivity contribution in [2.24, 2.45) is 5.41 Å². The van der Waals surface area contributed by atoms with Crippen molar-refractivity contribution in [3.05, 3.63) is 41.5 Å². The van der Waals surface area contributed by atoms with E-state index in [0.29, 0.717) is 18.3 Å². The molecule has 0 unspecified atom stereocenters. The Hall–Kier alpha value is -2.94. The SMILES string of the molecule is CC1=C(N2CC[C@]3(CC[C@@H](N(C)[C@H](C)c4ccc(-n5cnnn5)nc4)CC3)C2=O)CCCC1=O. The van der Waals surface area contributed by atoms with Gasteiger partial charge in [-0.3, -0.25) is 14.5 Å². The van der Waals surface area contributed by atoms with Crippen molar-refractivity contribution in [3.8, 4) is 5.82 Å². The number of rotatable bonds is 5. The van der Waals surface area contributed by atoms with Gasteiger partial charge in [0.25, 0.3) is 0 Å². The molecular weight excluding hydrogens is 430 g/mol. The van der Waals surface area contributed by atoms with Gasteiger partial charge in [0.1, 0.15) is 6.33 Å². The summed E-state index contributed by atoms with van der Waals surface area (Å²) in [5.74, 6) is 1.15. The van der Waals surface area contributed by atoms with E-state index in [2.05, 4.69) is 45.4 Å². The Kier molecular flexibility index (Phi) is 6.06. The van der Waals surface area contributed by atoms with Crippen molar-refractivity contribution < 1.29 is 9.59 Å². The Morgan fingerprint density at radius 1 is 1.15 bits per heavy atom. The van der Waals surface area contributed by atoms with E-state index in [4.69, 9.17) is 0 Å². The van der Waals surface area contributed by atoms with Crippen molar-refractivity contribution in [2.75, 3.05) is 13.6 Å². The van der Waals surface area contributed by atoms with Crippen LogP contribution in [-0.2, 0) is 9.59 Å². The average Bonchev–Trinajstić information content (AvgIpc) is 3.50. The number of nitrogens with zero attached hydrogens (tertiary/aromatic N) is 7. The zero-order chi connectivity index (χ0) is 23.9. The Labute approximate surface area is 200 Å². The predicted molar refractivity (Wildman–Crippen MR) is 126 cm³/mol. The van der Waals surface area contributed by atoms with Crippen LogP contribution in [0.5, 0.6) is 0 Å². The zero-order valence-electron chi connectivity index (χ0n) is 20.3. The van der Waals surface area contributed by atoms with Crippen LogP contribution in [0.25, 0.3) is 5.82 Å². The maximum atomic E-state index is 13.5. The molecule has 1 spiro atoms. The van der Waals surface area contributed by atoms with Crippen LogP contribution in [0.15, 0.2) is 35.9 Å². The van der Waals surface area contributed by atoms with Gasteiger partial charge < -0.3 is 4.90 Å². The minimum atomic E-state index is -0.247. The molecule has 9 nitrogen and oxygen atoms in total. The second-order valence-electron chi connectivity index (χ2n) is 10.1. The quantitative estimate of drug-likeness (QED) is 0.671. The fourth-order valence-corrected chi connectivity index (χ4v) is 5.99. The number of amides is 1. The summed E-state index contributed by atoms with van der Waals surface area (Å²) >= 11 is 0. The summed E-state index contributed by atoms with van der Waals surface area (Å²) in [7, 11) is 2.17. The molecule has 0 N–H and O–H groups in total. The molecule has 0 aromatic carbocycles. The number of hydrogen-bond acceptors (Lipinski definition) is 7. The lowest BCUT2D eigenvalue weighted by Crippen LogP contribution is -2.43. The van der Waals surface area contributed by atoms with Gasteiger partial charge in [-0.15, -0.1) is 5.10 Å². The summed E-state index contributed by atoms with van der Waals surface area (Å²) in [5.41, 5.74) is 2.69. The van der Waals surface area contributed by atoms with E-state index in [0.717, 1.165) is 68.3 Å². The van der Waals surface area contributed by atoms with E-state index in [9.17, 15) is 9.59 Å². The number of aromatic nitrogens is 5. The normalized spacial score (nSPS) is 26.7. The molecule has 5 rings (SSSR count). The van der Waals surface area contributed by atoms with E-state index in [1.165, 1.54) is 6.33 Å². The summed E-state index contributed by atoms with van der Waals surface area (Å²) in [5, 5.41) is 11.2. The summed E-state index contributed by atoms with van der Waals surface area (Å²) in [6.45, 7) is 4.86. The minimum absolute atomic E-state index is 0.204. The van der Waals surface area contributed by atoms with Crippen LogP contribution in [0.4, 0.5) is 0 Å². The number of likely N-dealkylation sites (tertiary alicyclic amines) is 1. The Bertz CT molecular complexity index is 1080. The Morgan fingerprint density at radius 3 is 2.62 bits per heavy atom. The first-order valence-corrected chi connectivity index (χ1v) is 12.4. The number of carbonyl (C=O) groups excluding carboxylic acids is 2. The molecule has 1 amide bonds. The second kappa shape index (κ2) is 9.02. The number of allylic oxidation sites excluding steroid dienone is 2. The molecule has 2 aromatic heterocycles. The molecule has 1 aliphatic heterocycles. The van der Waals surface area contributed by atoms with Crippen molar-refractivity contribution in [3.63, 3.8) is 0 Å². The van der Waals surface area contributed by atoms with Gasteiger partial charge in [-0.25, -0.2) is 4.98 Å². The fourth-order valence-electron chi connectivity index (χ4n) is 5.99. The molecular formula is C25H33N7O2. The first kappa shape index (κ1) is 22.8. The van der Waals surface area contributed by atoms with E-state index in [-0.39, 0.29) is 23.1 Å². The van der Waals surface area contributed by atoms with Crippen LogP contribution in [0.2, 0.25) is 0 Å². The van der Waals surface area contributed by atoms with Gasteiger partial charge in [0.15, 0.2) is 11.6 Å². The standard InChI is InChI=1S/C25H33N7O2/c1-17-21(5-4-6-22(17)33)31-14-13-25(24(31)34)11-9-20(10-12-25)30(3)18(2)19-7-8-23(26-15-19)32-16-27-28-29-32/h7-8,15-16,18,20H,4-6,9-14H2,1-3H3/t18-,20-,25-/m1/s1. The number of Topliss-reactive ketones (excluding diaryl/α,β-unsaturated/α-hetero) is 1. The van der Waals surface area contributed by atoms with Crippen LogP contribution < -0.4 is 0 Å². The number of ketones is 1. The molecule has 180 valence electrons. The highest BCUT2D eigenvalue weighted by Crippen LogP contribution is 2.48.